The summed E-state index contributed by atoms with van der Waals surface area (Å²) in [6.45, 7) is 0. The minimum atomic E-state index is 0.674. The molecule has 14 aromatic rings. The lowest BCUT2D eigenvalue weighted by molar-refractivity contribution is -0.571. The number of para-hydroxylation sites is 6. The van der Waals surface area contributed by atoms with Crippen LogP contribution in [-0.2, 0) is 0 Å². The first-order valence-corrected chi connectivity index (χ1v) is 23.0. The molecule has 0 saturated carbocycles. The van der Waals surface area contributed by atoms with Crippen molar-refractivity contribution >= 4 is 76.7 Å². The van der Waals surface area contributed by atoms with E-state index in [1.807, 2.05) is 18.2 Å². The molecule has 6 heteroatoms. The summed E-state index contributed by atoms with van der Waals surface area (Å²) in [5, 5.41) is 7.07. The quantitative estimate of drug-likeness (QED) is 0.123. The Hall–Kier alpha value is -9.26. The molecule has 68 heavy (non-hydrogen) atoms. The standard InChI is InChI=1S/C62H39N5O/c1-3-19-41(20-4-1)45-30-16-31-46(42-21-5-2-6-22-42)60(45)65-40-64(54-34-13-14-35-55(54)65)43-23-15-24-44(39-43)68-58-38-18-36-56-59(58)63-62-66(56)57-37-17-32-52-50-28-10-8-26-48(50)47-25-7-9-27-49(47)51-29-11-12-33-53(51)67(62)61(52)57/h1-39H. The molecular formula is C62H39N5O. The minimum absolute atomic E-state index is 0.674. The molecule has 4 heterocycles. The smallest absolute Gasteiger partial charge is 0.269 e. The van der Waals surface area contributed by atoms with Crippen LogP contribution in [0.25, 0.3) is 110 Å². The molecule has 0 spiro atoms. The second-order valence-corrected chi connectivity index (χ2v) is 17.3. The van der Waals surface area contributed by atoms with E-state index < -0.39 is 0 Å². The van der Waals surface area contributed by atoms with Gasteiger partial charge in [0.05, 0.1) is 44.5 Å². The summed E-state index contributed by atoms with van der Waals surface area (Å²) in [5.41, 5.74) is 13.6. The van der Waals surface area contributed by atoms with E-state index in [4.69, 9.17) is 9.72 Å². The normalized spacial score (nSPS) is 11.8. The van der Waals surface area contributed by atoms with Gasteiger partial charge in [0.2, 0.25) is 5.78 Å². The molecule has 10 aromatic carbocycles. The monoisotopic (exact) mass is 869 g/mol. The summed E-state index contributed by atoms with van der Waals surface area (Å²) in [7, 11) is 0. The molecular weight excluding hydrogens is 831 g/mol. The maximum Gasteiger partial charge on any atom is 0.269 e. The van der Waals surface area contributed by atoms with Crippen LogP contribution in [0, 0.1) is 6.33 Å². The van der Waals surface area contributed by atoms with Gasteiger partial charge in [-0.3, -0.25) is 17.9 Å². The van der Waals surface area contributed by atoms with E-state index in [-0.39, 0.29) is 0 Å². The zero-order valence-electron chi connectivity index (χ0n) is 36.7. The number of imidazole rings is 3. The van der Waals surface area contributed by atoms with E-state index in [2.05, 4.69) is 243 Å². The molecule has 0 saturated heterocycles. The van der Waals surface area contributed by atoms with Crippen molar-refractivity contribution in [2.75, 3.05) is 0 Å². The minimum Gasteiger partial charge on any atom is -0.456 e. The average Bonchev–Trinajstić information content (AvgIpc) is 4.09. The van der Waals surface area contributed by atoms with Crippen LogP contribution >= 0.6 is 0 Å². The van der Waals surface area contributed by atoms with Crippen LogP contribution in [0.1, 0.15) is 0 Å². The first-order valence-electron chi connectivity index (χ1n) is 23.0. The zero-order valence-corrected chi connectivity index (χ0v) is 36.7. The molecule has 14 rings (SSSR count). The molecule has 0 unspecified atom stereocenters. The lowest BCUT2D eigenvalue weighted by Crippen LogP contribution is -2.31. The van der Waals surface area contributed by atoms with Crippen molar-refractivity contribution in [2.24, 2.45) is 0 Å². The highest BCUT2D eigenvalue weighted by atomic mass is 16.5. The molecule has 0 fully saturated rings. The fourth-order valence-electron chi connectivity index (χ4n) is 10.5. The Morgan fingerprint density at radius 3 is 1.66 bits per heavy atom. The van der Waals surface area contributed by atoms with E-state index >= 15 is 0 Å². The van der Waals surface area contributed by atoms with Crippen LogP contribution in [0.15, 0.2) is 237 Å². The third-order valence-electron chi connectivity index (χ3n) is 13.5. The van der Waals surface area contributed by atoms with Gasteiger partial charge in [-0.1, -0.05) is 194 Å². The van der Waals surface area contributed by atoms with Gasteiger partial charge >= 0.3 is 0 Å². The summed E-state index contributed by atoms with van der Waals surface area (Å²) < 4.78 is 15.9. The van der Waals surface area contributed by atoms with E-state index in [1.54, 1.807) is 0 Å². The molecule has 0 amide bonds. The van der Waals surface area contributed by atoms with Crippen LogP contribution in [0.2, 0.25) is 0 Å². The number of hydrogen-bond acceptors (Lipinski definition) is 2. The number of hydrogen-bond donors (Lipinski definition) is 0. The number of fused-ring (bicyclic) bond motifs is 13. The van der Waals surface area contributed by atoms with Crippen molar-refractivity contribution in [3.8, 4) is 45.1 Å². The van der Waals surface area contributed by atoms with Crippen LogP contribution in [0.5, 0.6) is 11.5 Å². The first-order chi connectivity index (χ1) is 33.8. The number of ether oxygens (including phenoxy) is 1. The Labute approximate surface area is 390 Å². The number of aromatic nitrogens is 5. The molecule has 0 aliphatic heterocycles. The second-order valence-electron chi connectivity index (χ2n) is 17.3. The second kappa shape index (κ2) is 15.2. The van der Waals surface area contributed by atoms with Crippen LogP contribution in [0.3, 0.4) is 0 Å². The zero-order chi connectivity index (χ0) is 44.7. The summed E-state index contributed by atoms with van der Waals surface area (Å²) in [6.07, 6.45) is 3.81. The van der Waals surface area contributed by atoms with Crippen molar-refractivity contribution in [1.82, 2.24) is 18.4 Å². The number of benzene rings is 10. The van der Waals surface area contributed by atoms with Crippen LogP contribution in [-0.4, -0.2) is 18.4 Å². The van der Waals surface area contributed by atoms with E-state index in [0.717, 1.165) is 88.8 Å². The maximum atomic E-state index is 6.94. The molecule has 0 aliphatic rings. The number of nitrogens with zero attached hydrogens (tertiary/aromatic N) is 5. The third-order valence-corrected chi connectivity index (χ3v) is 13.5. The molecule has 0 aliphatic carbocycles. The van der Waals surface area contributed by atoms with Crippen molar-refractivity contribution in [2.45, 2.75) is 0 Å². The molecule has 0 atom stereocenters. The van der Waals surface area contributed by atoms with Gasteiger partial charge in [0.25, 0.3) is 6.33 Å². The number of rotatable bonds is 6. The Kier molecular flexibility index (Phi) is 8.48. The lowest BCUT2D eigenvalue weighted by Gasteiger charge is -2.17. The van der Waals surface area contributed by atoms with E-state index in [9.17, 15) is 0 Å². The van der Waals surface area contributed by atoms with E-state index in [1.165, 1.54) is 21.5 Å². The summed E-state index contributed by atoms with van der Waals surface area (Å²) in [5.74, 6) is 2.19. The maximum absolute atomic E-state index is 6.94. The van der Waals surface area contributed by atoms with Gasteiger partial charge < -0.3 is 4.74 Å². The Balaban J connectivity index is 0.954. The SMILES string of the molecule is [c-]1n(-c2cccc(Oc3cccc4c3nc3n4c4cccc5c6ccccc6c6ccccc6c6ccccc6n3c54)c2)c2ccccc2[n+]1-c1c(-c2ccccc2)cccc1-c1ccccc1. The first kappa shape index (κ1) is 38.1. The predicted octanol–water partition coefficient (Wildman–Crippen LogP) is 15.1. The van der Waals surface area contributed by atoms with Gasteiger partial charge in [0, 0.05) is 10.8 Å². The topological polar surface area (TPSA) is 39.8 Å². The van der Waals surface area contributed by atoms with Gasteiger partial charge in [0.15, 0.2) is 5.75 Å². The Morgan fingerprint density at radius 1 is 0.412 bits per heavy atom. The van der Waals surface area contributed by atoms with Gasteiger partial charge in [0.1, 0.15) is 11.3 Å². The summed E-state index contributed by atoms with van der Waals surface area (Å²) in [4.78, 5) is 5.52. The Bertz CT molecular complexity index is 4300. The highest BCUT2D eigenvalue weighted by Gasteiger charge is 2.22. The van der Waals surface area contributed by atoms with Gasteiger partial charge in [-0.2, -0.15) is 0 Å². The highest BCUT2D eigenvalue weighted by molar-refractivity contribution is 6.21. The molecule has 0 N–H and O–H groups in total. The molecule has 318 valence electrons. The fourth-order valence-corrected chi connectivity index (χ4v) is 10.5. The molecule has 0 radical (unpaired) electrons. The Morgan fingerprint density at radius 2 is 0.941 bits per heavy atom. The van der Waals surface area contributed by atoms with Gasteiger partial charge in [-0.25, -0.2) is 4.98 Å². The molecule has 6 nitrogen and oxygen atoms in total. The predicted molar refractivity (Wildman–Crippen MR) is 277 cm³/mol. The van der Waals surface area contributed by atoms with E-state index in [0.29, 0.717) is 11.5 Å². The summed E-state index contributed by atoms with van der Waals surface area (Å²) >= 11 is 0. The van der Waals surface area contributed by atoms with Crippen molar-refractivity contribution in [1.29, 1.82) is 0 Å². The lowest BCUT2D eigenvalue weighted by atomic mass is 9.95. The van der Waals surface area contributed by atoms with Crippen molar-refractivity contribution in [3.63, 3.8) is 0 Å². The van der Waals surface area contributed by atoms with Gasteiger partial charge in [-0.15, -0.1) is 0 Å². The van der Waals surface area contributed by atoms with Crippen molar-refractivity contribution < 1.29 is 9.30 Å². The third kappa shape index (κ3) is 5.77. The average molecular weight is 870 g/mol. The largest absolute Gasteiger partial charge is 0.456 e. The van der Waals surface area contributed by atoms with Crippen molar-refractivity contribution in [3.05, 3.63) is 243 Å². The molecule has 4 aromatic heterocycles. The fraction of sp³-hybridized carbons (Fsp3) is 0. The van der Waals surface area contributed by atoms with Crippen LogP contribution in [0.4, 0.5) is 0 Å². The van der Waals surface area contributed by atoms with Crippen LogP contribution < -0.4 is 9.30 Å². The molecule has 0 bridgehead atoms. The van der Waals surface area contributed by atoms with Gasteiger partial charge in [-0.05, 0) is 86.3 Å². The highest BCUT2D eigenvalue weighted by Crippen LogP contribution is 2.40. The summed E-state index contributed by atoms with van der Waals surface area (Å²) in [6, 6.07) is 83.6.